The highest BCUT2D eigenvalue weighted by Crippen LogP contribution is 2.38. The zero-order valence-electron chi connectivity index (χ0n) is 49.3. The van der Waals surface area contributed by atoms with Gasteiger partial charge in [-0.25, -0.2) is 0 Å². The number of likely N-dealkylation sites (N-methyl/N-ethyl adjacent to an activating group) is 1. The van der Waals surface area contributed by atoms with Gasteiger partial charge in [-0.2, -0.15) is 0 Å². The number of phosphoric ester groups is 1. The number of phosphoric acid groups is 1. The molecule has 434 valence electrons. The average molecular weight is 1060 g/mol. The normalized spacial score (nSPS) is 13.5. The second kappa shape index (κ2) is 55.7. The topological polar surface area (TPSA) is 111 Å². The third-order valence-electron chi connectivity index (χ3n) is 13.8. The quantitative estimate of drug-likeness (QED) is 0.0195. The van der Waals surface area contributed by atoms with Crippen LogP contribution in [0.1, 0.15) is 296 Å². The number of nitrogens with zero attached hydrogens (tertiary/aromatic N) is 1. The Balaban J connectivity index is 4.11. The van der Waals surface area contributed by atoms with Gasteiger partial charge in [0.05, 0.1) is 27.7 Å². The van der Waals surface area contributed by atoms with Gasteiger partial charge in [-0.3, -0.25) is 14.2 Å². The molecule has 0 aliphatic heterocycles. The average Bonchev–Trinajstić information content (AvgIpc) is 3.36. The van der Waals surface area contributed by atoms with Gasteiger partial charge in [0.15, 0.2) is 6.10 Å². The molecule has 9 nitrogen and oxygen atoms in total. The smallest absolute Gasteiger partial charge is 0.306 e. The molecule has 0 spiro atoms. The van der Waals surface area contributed by atoms with Crippen LogP contribution in [0.3, 0.4) is 0 Å². The number of esters is 2. The van der Waals surface area contributed by atoms with Crippen molar-refractivity contribution < 1.29 is 42.1 Å². The maximum atomic E-state index is 12.8. The molecule has 0 fully saturated rings. The van der Waals surface area contributed by atoms with Crippen LogP contribution in [0.5, 0.6) is 0 Å². The molecule has 0 amide bonds. The number of rotatable bonds is 58. The Morgan fingerprint density at radius 3 is 1.09 bits per heavy atom. The Morgan fingerprint density at radius 1 is 0.419 bits per heavy atom. The zero-order chi connectivity index (χ0) is 54.2. The van der Waals surface area contributed by atoms with E-state index in [1.807, 2.05) is 21.1 Å². The molecule has 0 saturated heterocycles. The molecule has 10 heteroatoms. The van der Waals surface area contributed by atoms with Gasteiger partial charge in [0, 0.05) is 12.8 Å². The SMILES string of the molecule is CCCCCCC/C=C\C/C=C\C/C=C\CCCCCCCCCCC(=O)OC(COC(=O)CCCCCCCCCCCCCCCCC/C=C\CCCCCCCCCC)COP(=O)([O-])OCC[N+](C)(C)C. The van der Waals surface area contributed by atoms with Gasteiger partial charge in [-0.1, -0.05) is 255 Å². The first-order chi connectivity index (χ1) is 36.0. The molecule has 0 aliphatic carbocycles. The number of hydrogen-bond acceptors (Lipinski definition) is 8. The lowest BCUT2D eigenvalue weighted by Crippen LogP contribution is -2.37. The number of carbonyl (C=O) groups is 2. The summed E-state index contributed by atoms with van der Waals surface area (Å²) in [5.41, 5.74) is 0. The van der Waals surface area contributed by atoms with E-state index in [9.17, 15) is 19.0 Å². The Hall–Kier alpha value is -2.03. The first-order valence-electron chi connectivity index (χ1n) is 31.3. The van der Waals surface area contributed by atoms with E-state index in [-0.39, 0.29) is 32.0 Å². The number of hydrogen-bond donors (Lipinski definition) is 0. The van der Waals surface area contributed by atoms with Crippen molar-refractivity contribution in [2.24, 2.45) is 0 Å². The van der Waals surface area contributed by atoms with Gasteiger partial charge in [-0.15, -0.1) is 0 Å². The molecule has 0 rings (SSSR count). The van der Waals surface area contributed by atoms with Crippen LogP contribution >= 0.6 is 7.82 Å². The number of quaternary nitrogens is 1. The van der Waals surface area contributed by atoms with Crippen molar-refractivity contribution in [3.05, 3.63) is 48.6 Å². The summed E-state index contributed by atoms with van der Waals surface area (Å²) in [4.78, 5) is 37.9. The van der Waals surface area contributed by atoms with Crippen molar-refractivity contribution in [2.75, 3.05) is 47.5 Å². The van der Waals surface area contributed by atoms with Crippen LogP contribution in [0.25, 0.3) is 0 Å². The van der Waals surface area contributed by atoms with Crippen LogP contribution in [0, 0.1) is 0 Å². The third-order valence-corrected chi connectivity index (χ3v) is 14.8. The molecule has 0 N–H and O–H groups in total. The maximum absolute atomic E-state index is 12.8. The summed E-state index contributed by atoms with van der Waals surface area (Å²) in [5.74, 6) is -0.831. The molecular formula is C64H120NO8P. The summed E-state index contributed by atoms with van der Waals surface area (Å²) >= 11 is 0. The summed E-state index contributed by atoms with van der Waals surface area (Å²) in [7, 11) is 1.17. The van der Waals surface area contributed by atoms with E-state index in [1.54, 1.807) is 0 Å². The lowest BCUT2D eigenvalue weighted by Gasteiger charge is -2.28. The molecule has 0 bridgehead atoms. The highest BCUT2D eigenvalue weighted by atomic mass is 31.2. The van der Waals surface area contributed by atoms with E-state index in [0.29, 0.717) is 17.4 Å². The molecule has 0 aromatic carbocycles. The molecule has 0 aromatic rings. The summed E-state index contributed by atoms with van der Waals surface area (Å²) in [6.07, 6.45) is 70.2. The monoisotopic (exact) mass is 1060 g/mol. The Labute approximate surface area is 458 Å². The van der Waals surface area contributed by atoms with Crippen molar-refractivity contribution in [3.8, 4) is 0 Å². The van der Waals surface area contributed by atoms with E-state index in [2.05, 4.69) is 62.5 Å². The van der Waals surface area contributed by atoms with Crippen LogP contribution in [-0.2, 0) is 32.7 Å². The van der Waals surface area contributed by atoms with E-state index >= 15 is 0 Å². The van der Waals surface area contributed by atoms with Crippen molar-refractivity contribution in [2.45, 2.75) is 302 Å². The molecule has 0 saturated carbocycles. The zero-order valence-corrected chi connectivity index (χ0v) is 50.2. The molecule has 0 radical (unpaired) electrons. The van der Waals surface area contributed by atoms with Crippen molar-refractivity contribution in [1.82, 2.24) is 0 Å². The second-order valence-corrected chi connectivity index (χ2v) is 23.8. The predicted molar refractivity (Wildman–Crippen MR) is 314 cm³/mol. The fraction of sp³-hybridized carbons (Fsp3) is 0.844. The largest absolute Gasteiger partial charge is 0.756 e. The lowest BCUT2D eigenvalue weighted by atomic mass is 10.0. The first-order valence-corrected chi connectivity index (χ1v) is 32.8. The number of ether oxygens (including phenoxy) is 2. The Morgan fingerprint density at radius 2 is 0.730 bits per heavy atom. The molecular weight excluding hydrogens is 942 g/mol. The van der Waals surface area contributed by atoms with Crippen LogP contribution in [0.2, 0.25) is 0 Å². The van der Waals surface area contributed by atoms with Crippen molar-refractivity contribution >= 4 is 19.8 Å². The van der Waals surface area contributed by atoms with Crippen molar-refractivity contribution in [3.63, 3.8) is 0 Å². The molecule has 0 aromatic heterocycles. The van der Waals surface area contributed by atoms with Gasteiger partial charge in [0.2, 0.25) is 0 Å². The highest BCUT2D eigenvalue weighted by Gasteiger charge is 2.22. The minimum Gasteiger partial charge on any atom is -0.756 e. The number of unbranched alkanes of at least 4 members (excludes halogenated alkanes) is 36. The van der Waals surface area contributed by atoms with Crippen LogP contribution in [0.15, 0.2) is 48.6 Å². The van der Waals surface area contributed by atoms with Gasteiger partial charge in [0.1, 0.15) is 19.8 Å². The standard InChI is InChI=1S/C64H120NO8P/c1-6-8-10-12-14-16-18-20-22-24-26-28-30-31-32-33-35-36-38-40-42-44-46-48-50-52-54-56-63(66)70-60-62(61-72-74(68,69)71-59-58-65(3,4)5)73-64(67)57-55-53-51-49-47-45-43-41-39-37-34-29-27-25-23-21-19-17-15-13-11-9-7-2/h19,21,24-27,34,37,62H,6-18,20,22-23,28-33,35-36,38-61H2,1-5H3/b21-19-,26-24-,27-25-,37-34-. The van der Waals surface area contributed by atoms with Gasteiger partial charge in [0.25, 0.3) is 7.82 Å². The van der Waals surface area contributed by atoms with Crippen LogP contribution in [-0.4, -0.2) is 70.0 Å². The fourth-order valence-corrected chi connectivity index (χ4v) is 9.68. The van der Waals surface area contributed by atoms with Crippen LogP contribution < -0.4 is 4.89 Å². The fourth-order valence-electron chi connectivity index (χ4n) is 8.95. The van der Waals surface area contributed by atoms with Gasteiger partial charge in [-0.05, 0) is 77.0 Å². The second-order valence-electron chi connectivity index (χ2n) is 22.4. The number of allylic oxidation sites excluding steroid dienone is 8. The van der Waals surface area contributed by atoms with E-state index in [4.69, 9.17) is 18.5 Å². The first kappa shape index (κ1) is 72.0. The predicted octanol–water partition coefficient (Wildman–Crippen LogP) is 19.1. The molecule has 0 heterocycles. The summed E-state index contributed by atoms with van der Waals surface area (Å²) < 4.78 is 34.2. The number of carbonyl (C=O) groups excluding carboxylic acids is 2. The minimum atomic E-state index is -4.64. The van der Waals surface area contributed by atoms with Gasteiger partial charge >= 0.3 is 11.9 Å². The van der Waals surface area contributed by atoms with Crippen LogP contribution in [0.4, 0.5) is 0 Å². The van der Waals surface area contributed by atoms with Gasteiger partial charge < -0.3 is 27.9 Å². The maximum Gasteiger partial charge on any atom is 0.306 e. The summed E-state index contributed by atoms with van der Waals surface area (Å²) in [5, 5.41) is 0. The molecule has 2 unspecified atom stereocenters. The Kier molecular flexibility index (Phi) is 54.2. The third kappa shape index (κ3) is 59.2. The lowest BCUT2D eigenvalue weighted by molar-refractivity contribution is -0.870. The van der Waals surface area contributed by atoms with Crippen molar-refractivity contribution in [1.29, 1.82) is 0 Å². The molecule has 74 heavy (non-hydrogen) atoms. The van der Waals surface area contributed by atoms with E-state index in [1.165, 1.54) is 205 Å². The molecule has 2 atom stereocenters. The minimum absolute atomic E-state index is 0.0324. The Bertz CT molecular complexity index is 1390. The highest BCUT2D eigenvalue weighted by molar-refractivity contribution is 7.45. The summed E-state index contributed by atoms with van der Waals surface area (Å²) in [6.45, 7) is 4.26. The van der Waals surface area contributed by atoms with E-state index < -0.39 is 26.5 Å². The van der Waals surface area contributed by atoms with E-state index in [0.717, 1.165) is 57.8 Å². The molecule has 0 aliphatic rings. The summed E-state index contributed by atoms with van der Waals surface area (Å²) in [6, 6.07) is 0.